The van der Waals surface area contributed by atoms with Gasteiger partial charge in [0.1, 0.15) is 0 Å². The highest BCUT2D eigenvalue weighted by atomic mass is 32.1. The second-order valence-electron chi connectivity index (χ2n) is 10.1. The summed E-state index contributed by atoms with van der Waals surface area (Å²) in [5, 5.41) is 2.38. The van der Waals surface area contributed by atoms with Gasteiger partial charge in [0.2, 0.25) is 0 Å². The molecule has 2 heterocycles. The Morgan fingerprint density at radius 2 is 1.25 bits per heavy atom. The Hall–Kier alpha value is -4.86. The lowest BCUT2D eigenvalue weighted by Gasteiger charge is -2.12. The fourth-order valence-corrected chi connectivity index (χ4v) is 7.10. The van der Waals surface area contributed by atoms with Crippen molar-refractivity contribution in [1.29, 1.82) is 0 Å². The molecule has 188 valence electrons. The predicted octanol–water partition coefficient (Wildman–Crippen LogP) is 9.83. The summed E-state index contributed by atoms with van der Waals surface area (Å²) in [5.74, 6) is 0.747. The third-order valence-corrected chi connectivity index (χ3v) is 8.96. The van der Waals surface area contributed by atoms with Crippen LogP contribution in [-0.4, -0.2) is 9.97 Å². The van der Waals surface area contributed by atoms with Crippen LogP contribution in [0.2, 0.25) is 0 Å². The number of para-hydroxylation sites is 1. The number of nitrogens with zero attached hydrogens (tertiary/aromatic N) is 2. The van der Waals surface area contributed by atoms with E-state index in [2.05, 4.69) is 109 Å². The molecule has 0 fully saturated rings. The Morgan fingerprint density at radius 3 is 2.12 bits per heavy atom. The first-order chi connectivity index (χ1) is 19.8. The fraction of sp³-hybridized carbons (Fsp3) is 0.0270. The van der Waals surface area contributed by atoms with Gasteiger partial charge in [0.05, 0.1) is 11.2 Å². The summed E-state index contributed by atoms with van der Waals surface area (Å²) in [6.07, 6.45) is 3.33. The Bertz CT molecular complexity index is 2070. The number of benzene rings is 5. The van der Waals surface area contributed by atoms with Gasteiger partial charge in [-0.2, -0.15) is 0 Å². The molecule has 1 aliphatic rings. The molecule has 0 amide bonds. The highest BCUT2D eigenvalue weighted by molar-refractivity contribution is 7.22. The number of hydrogen-bond donors (Lipinski definition) is 0. The van der Waals surface area contributed by atoms with E-state index in [1.165, 1.54) is 42.8 Å². The van der Waals surface area contributed by atoms with Crippen LogP contribution in [0.15, 0.2) is 133 Å². The quantitative estimate of drug-likeness (QED) is 0.228. The zero-order valence-electron chi connectivity index (χ0n) is 21.7. The van der Waals surface area contributed by atoms with Gasteiger partial charge in [-0.25, -0.2) is 9.97 Å². The minimum absolute atomic E-state index is 0.747. The van der Waals surface area contributed by atoms with Gasteiger partial charge >= 0.3 is 0 Å². The van der Waals surface area contributed by atoms with Crippen molar-refractivity contribution in [3.8, 4) is 33.1 Å². The van der Waals surface area contributed by atoms with Crippen molar-refractivity contribution in [2.24, 2.45) is 0 Å². The van der Waals surface area contributed by atoms with Crippen molar-refractivity contribution in [2.75, 3.05) is 0 Å². The first-order valence-electron chi connectivity index (χ1n) is 13.6. The van der Waals surface area contributed by atoms with Crippen molar-refractivity contribution in [3.05, 3.63) is 150 Å². The van der Waals surface area contributed by atoms with Crippen molar-refractivity contribution in [3.63, 3.8) is 0 Å². The Morgan fingerprint density at radius 1 is 0.550 bits per heavy atom. The minimum atomic E-state index is 0.747. The van der Waals surface area contributed by atoms with Gasteiger partial charge < -0.3 is 0 Å². The van der Waals surface area contributed by atoms with Crippen LogP contribution < -0.4 is 0 Å². The van der Waals surface area contributed by atoms with E-state index in [9.17, 15) is 0 Å². The summed E-state index contributed by atoms with van der Waals surface area (Å²) < 4.78 is 1.33. The molecular formula is C37H24N2S. The predicted molar refractivity (Wildman–Crippen MR) is 168 cm³/mol. The third kappa shape index (κ3) is 3.78. The molecule has 0 aliphatic heterocycles. The monoisotopic (exact) mass is 528 g/mol. The molecule has 0 N–H and O–H groups in total. The molecule has 0 spiro atoms. The summed E-state index contributed by atoms with van der Waals surface area (Å²) in [6.45, 7) is 0. The van der Waals surface area contributed by atoms with Gasteiger partial charge in [-0.3, -0.25) is 0 Å². The molecular weight excluding hydrogens is 504 g/mol. The molecule has 1 aliphatic carbocycles. The Labute approximate surface area is 237 Å². The van der Waals surface area contributed by atoms with Gasteiger partial charge in [-0.1, -0.05) is 121 Å². The number of thiophene rings is 1. The normalized spacial score (nSPS) is 12.6. The lowest BCUT2D eigenvalue weighted by atomic mass is 9.93. The number of rotatable bonds is 3. The number of aromatic nitrogens is 2. The molecule has 3 heteroatoms. The van der Waals surface area contributed by atoms with Crippen molar-refractivity contribution in [2.45, 2.75) is 6.42 Å². The summed E-state index contributed by atoms with van der Waals surface area (Å²) in [7, 11) is 0. The van der Waals surface area contributed by atoms with E-state index >= 15 is 0 Å². The topological polar surface area (TPSA) is 25.8 Å². The summed E-state index contributed by atoms with van der Waals surface area (Å²) in [6, 6.07) is 45.1. The maximum atomic E-state index is 5.07. The third-order valence-electron chi connectivity index (χ3n) is 7.76. The SMILES string of the molecule is C1=C(c2ccc(-c3nc(-c4ccccc4)nc4ccccc34)cc2)c2c(sc3ccccc23)-c2ccccc2C1. The standard InChI is InChI=1S/C37H24N2S/c1-2-11-27(12-3-1)37-38-32-16-8-6-14-30(32)35(39-37)26-20-18-25(19-21-26)28-23-22-24-10-4-5-13-29(24)36-34(28)31-15-7-9-17-33(31)40-36/h1-21,23H,22H2. The van der Waals surface area contributed by atoms with E-state index in [0.29, 0.717) is 0 Å². The molecule has 0 radical (unpaired) electrons. The van der Waals surface area contributed by atoms with Crippen LogP contribution in [0.3, 0.4) is 0 Å². The largest absolute Gasteiger partial charge is 0.228 e. The van der Waals surface area contributed by atoms with Crippen LogP contribution in [0, 0.1) is 0 Å². The van der Waals surface area contributed by atoms with Crippen LogP contribution in [0.5, 0.6) is 0 Å². The average Bonchev–Trinajstić information content (AvgIpc) is 3.33. The molecule has 0 bridgehead atoms. The lowest BCUT2D eigenvalue weighted by molar-refractivity contribution is 1.23. The second kappa shape index (κ2) is 9.41. The van der Waals surface area contributed by atoms with E-state index in [1.807, 2.05) is 35.6 Å². The van der Waals surface area contributed by atoms with Crippen LogP contribution in [0.4, 0.5) is 0 Å². The van der Waals surface area contributed by atoms with E-state index in [4.69, 9.17) is 9.97 Å². The van der Waals surface area contributed by atoms with Crippen LogP contribution in [-0.2, 0) is 6.42 Å². The molecule has 5 aromatic carbocycles. The van der Waals surface area contributed by atoms with Gasteiger partial charge in [0, 0.05) is 37.0 Å². The second-order valence-corrected chi connectivity index (χ2v) is 11.2. The fourth-order valence-electron chi connectivity index (χ4n) is 5.82. The summed E-state index contributed by atoms with van der Waals surface area (Å²) in [4.78, 5) is 11.3. The molecule has 7 aromatic rings. The highest BCUT2D eigenvalue weighted by Crippen LogP contribution is 2.47. The molecule has 40 heavy (non-hydrogen) atoms. The zero-order chi connectivity index (χ0) is 26.5. The molecule has 0 atom stereocenters. The smallest absolute Gasteiger partial charge is 0.160 e. The minimum Gasteiger partial charge on any atom is -0.228 e. The van der Waals surface area contributed by atoms with Gasteiger partial charge in [0.25, 0.3) is 0 Å². The van der Waals surface area contributed by atoms with Gasteiger partial charge in [-0.15, -0.1) is 11.3 Å². The first-order valence-corrected chi connectivity index (χ1v) is 14.4. The summed E-state index contributed by atoms with van der Waals surface area (Å²) in [5.41, 5.74) is 10.6. The first kappa shape index (κ1) is 23.1. The number of fused-ring (bicyclic) bond motifs is 6. The zero-order valence-corrected chi connectivity index (χ0v) is 22.5. The maximum absolute atomic E-state index is 5.07. The summed E-state index contributed by atoms with van der Waals surface area (Å²) >= 11 is 1.90. The van der Waals surface area contributed by atoms with Crippen LogP contribution in [0.1, 0.15) is 16.7 Å². The van der Waals surface area contributed by atoms with Crippen LogP contribution >= 0.6 is 11.3 Å². The van der Waals surface area contributed by atoms with E-state index in [0.717, 1.165) is 40.0 Å². The van der Waals surface area contributed by atoms with Crippen molar-refractivity contribution < 1.29 is 0 Å². The lowest BCUT2D eigenvalue weighted by Crippen LogP contribution is -1.95. The van der Waals surface area contributed by atoms with E-state index in [-0.39, 0.29) is 0 Å². The molecule has 0 saturated heterocycles. The highest BCUT2D eigenvalue weighted by Gasteiger charge is 2.22. The Balaban J connectivity index is 1.28. The molecule has 0 unspecified atom stereocenters. The Kier molecular flexibility index (Phi) is 5.42. The van der Waals surface area contributed by atoms with E-state index in [1.54, 1.807) is 0 Å². The van der Waals surface area contributed by atoms with Gasteiger partial charge in [0.15, 0.2) is 5.82 Å². The average molecular weight is 529 g/mol. The molecule has 2 aromatic heterocycles. The molecule has 0 saturated carbocycles. The molecule has 2 nitrogen and oxygen atoms in total. The van der Waals surface area contributed by atoms with Crippen LogP contribution in [0.25, 0.3) is 59.6 Å². The number of hydrogen-bond acceptors (Lipinski definition) is 3. The molecule has 8 rings (SSSR count). The van der Waals surface area contributed by atoms with Crippen molar-refractivity contribution >= 4 is 37.9 Å². The van der Waals surface area contributed by atoms with Gasteiger partial charge in [-0.05, 0) is 40.8 Å². The van der Waals surface area contributed by atoms with E-state index < -0.39 is 0 Å². The number of allylic oxidation sites excluding steroid dienone is 1. The maximum Gasteiger partial charge on any atom is 0.160 e. The van der Waals surface area contributed by atoms with Crippen molar-refractivity contribution in [1.82, 2.24) is 9.97 Å².